The standard InChI is InChI=1S/C23H28N2O2S/c1-3-19(4-2)25-10-7-16(8-11-25)21-15-28-22-6-5-18(13-20(21)22)24-23(26)17-9-12-27-14-17/h5-6,9,12-16,19H,3-4,7-8,10-11H2,1-2H3,(H,24,26). The first kappa shape index (κ1) is 19.2. The molecule has 3 aromatic rings. The van der Waals surface area contributed by atoms with Crippen molar-refractivity contribution in [2.45, 2.75) is 51.5 Å². The van der Waals surface area contributed by atoms with E-state index in [-0.39, 0.29) is 5.91 Å². The highest BCUT2D eigenvalue weighted by Crippen LogP contribution is 2.38. The molecule has 1 N–H and O–H groups in total. The SMILES string of the molecule is CCC(CC)N1CCC(c2csc3ccc(NC(=O)c4ccoc4)cc23)CC1. The normalized spacial score (nSPS) is 16.1. The Morgan fingerprint density at radius 1 is 1.25 bits per heavy atom. The molecular formula is C23H28N2O2S. The predicted octanol–water partition coefficient (Wildman–Crippen LogP) is 6.11. The average molecular weight is 397 g/mol. The highest BCUT2D eigenvalue weighted by molar-refractivity contribution is 7.17. The lowest BCUT2D eigenvalue weighted by atomic mass is 9.88. The van der Waals surface area contributed by atoms with Gasteiger partial charge in [0.05, 0.1) is 11.8 Å². The number of hydrogen-bond acceptors (Lipinski definition) is 4. The molecule has 0 aliphatic carbocycles. The van der Waals surface area contributed by atoms with Crippen molar-refractivity contribution < 1.29 is 9.21 Å². The maximum absolute atomic E-state index is 12.3. The van der Waals surface area contributed by atoms with Gasteiger partial charge in [-0.05, 0) is 85.3 Å². The van der Waals surface area contributed by atoms with E-state index in [0.717, 1.165) is 11.7 Å². The second kappa shape index (κ2) is 8.50. The van der Waals surface area contributed by atoms with Crippen molar-refractivity contribution in [3.8, 4) is 0 Å². The molecule has 148 valence electrons. The smallest absolute Gasteiger partial charge is 0.258 e. The molecule has 4 nitrogen and oxygen atoms in total. The van der Waals surface area contributed by atoms with Gasteiger partial charge in [-0.2, -0.15) is 0 Å². The molecular weight excluding hydrogens is 368 g/mol. The van der Waals surface area contributed by atoms with Gasteiger partial charge in [0, 0.05) is 16.4 Å². The molecule has 0 bridgehead atoms. The highest BCUT2D eigenvalue weighted by Gasteiger charge is 2.25. The van der Waals surface area contributed by atoms with Gasteiger partial charge in [-0.3, -0.25) is 4.79 Å². The summed E-state index contributed by atoms with van der Waals surface area (Å²) in [5.41, 5.74) is 2.83. The van der Waals surface area contributed by atoms with Crippen molar-refractivity contribution in [1.29, 1.82) is 0 Å². The first-order valence-corrected chi connectivity index (χ1v) is 11.2. The van der Waals surface area contributed by atoms with Gasteiger partial charge in [0.2, 0.25) is 0 Å². The van der Waals surface area contributed by atoms with E-state index in [2.05, 4.69) is 41.6 Å². The van der Waals surface area contributed by atoms with Crippen molar-refractivity contribution in [2.75, 3.05) is 18.4 Å². The van der Waals surface area contributed by atoms with E-state index in [1.807, 2.05) is 17.4 Å². The lowest BCUT2D eigenvalue weighted by Crippen LogP contribution is -2.40. The zero-order chi connectivity index (χ0) is 19.5. The monoisotopic (exact) mass is 396 g/mol. The Balaban J connectivity index is 1.50. The molecule has 3 heterocycles. The minimum Gasteiger partial charge on any atom is -0.472 e. The van der Waals surface area contributed by atoms with E-state index in [9.17, 15) is 4.79 Å². The minimum atomic E-state index is -0.136. The van der Waals surface area contributed by atoms with Crippen molar-refractivity contribution in [3.05, 3.63) is 53.3 Å². The lowest BCUT2D eigenvalue weighted by Gasteiger charge is -2.37. The van der Waals surface area contributed by atoms with Gasteiger partial charge in [-0.1, -0.05) is 13.8 Å². The summed E-state index contributed by atoms with van der Waals surface area (Å²) in [6.45, 7) is 6.97. The Labute approximate surface area is 170 Å². The summed E-state index contributed by atoms with van der Waals surface area (Å²) < 4.78 is 6.30. The van der Waals surface area contributed by atoms with E-state index < -0.39 is 0 Å². The molecule has 1 aliphatic rings. The van der Waals surface area contributed by atoms with E-state index in [4.69, 9.17) is 4.42 Å². The molecule has 1 fully saturated rings. The molecule has 0 spiro atoms. The van der Waals surface area contributed by atoms with Crippen LogP contribution in [0.25, 0.3) is 10.1 Å². The number of furan rings is 1. The van der Waals surface area contributed by atoms with Gasteiger partial charge in [-0.15, -0.1) is 11.3 Å². The number of likely N-dealkylation sites (tertiary alicyclic amines) is 1. The van der Waals surface area contributed by atoms with Gasteiger partial charge in [-0.25, -0.2) is 0 Å². The summed E-state index contributed by atoms with van der Waals surface area (Å²) in [7, 11) is 0. The molecule has 4 rings (SSSR count). The van der Waals surface area contributed by atoms with E-state index in [1.54, 1.807) is 6.07 Å². The van der Waals surface area contributed by atoms with Gasteiger partial charge >= 0.3 is 0 Å². The second-order valence-corrected chi connectivity index (χ2v) is 8.56. The van der Waals surface area contributed by atoms with Crippen LogP contribution in [0, 0.1) is 0 Å². The Morgan fingerprint density at radius 3 is 2.71 bits per heavy atom. The van der Waals surface area contributed by atoms with Crippen molar-refractivity contribution in [2.24, 2.45) is 0 Å². The number of carbonyl (C=O) groups is 1. The van der Waals surface area contributed by atoms with Crippen LogP contribution in [0.2, 0.25) is 0 Å². The number of fused-ring (bicyclic) bond motifs is 1. The minimum absolute atomic E-state index is 0.136. The summed E-state index contributed by atoms with van der Waals surface area (Å²) in [5, 5.41) is 6.60. The topological polar surface area (TPSA) is 45.5 Å². The van der Waals surface area contributed by atoms with Crippen molar-refractivity contribution in [3.63, 3.8) is 0 Å². The number of carbonyl (C=O) groups excluding carboxylic acids is 1. The van der Waals surface area contributed by atoms with Gasteiger partial charge in [0.1, 0.15) is 6.26 Å². The molecule has 2 aromatic heterocycles. The number of amides is 1. The van der Waals surface area contributed by atoms with Crippen LogP contribution in [0.1, 0.15) is 61.4 Å². The number of rotatable bonds is 6. The van der Waals surface area contributed by atoms with Crippen LogP contribution in [0.15, 0.2) is 46.6 Å². The Kier molecular flexibility index (Phi) is 5.83. The fourth-order valence-corrected chi connectivity index (χ4v) is 5.44. The summed E-state index contributed by atoms with van der Waals surface area (Å²) in [4.78, 5) is 15.0. The summed E-state index contributed by atoms with van der Waals surface area (Å²) >= 11 is 1.81. The highest BCUT2D eigenvalue weighted by atomic mass is 32.1. The number of benzene rings is 1. The maximum atomic E-state index is 12.3. The van der Waals surface area contributed by atoms with Crippen LogP contribution >= 0.6 is 11.3 Å². The van der Waals surface area contributed by atoms with E-state index >= 15 is 0 Å². The van der Waals surface area contributed by atoms with Crippen molar-refractivity contribution >= 4 is 33.0 Å². The summed E-state index contributed by atoms with van der Waals surface area (Å²) in [6, 6.07) is 8.64. The van der Waals surface area contributed by atoms with Crippen molar-refractivity contribution in [1.82, 2.24) is 4.90 Å². The number of piperidine rings is 1. The Bertz CT molecular complexity index is 919. The van der Waals surface area contributed by atoms with Crippen LogP contribution in [-0.4, -0.2) is 29.9 Å². The van der Waals surface area contributed by atoms with Gasteiger partial charge < -0.3 is 14.6 Å². The predicted molar refractivity (Wildman–Crippen MR) is 116 cm³/mol. The fraction of sp³-hybridized carbons (Fsp3) is 0.435. The van der Waals surface area contributed by atoms with Crippen LogP contribution in [0.4, 0.5) is 5.69 Å². The summed E-state index contributed by atoms with van der Waals surface area (Å²) in [6.07, 6.45) is 7.90. The average Bonchev–Trinajstić information content (AvgIpc) is 3.39. The number of anilines is 1. The molecule has 1 saturated heterocycles. The van der Waals surface area contributed by atoms with E-state index in [1.165, 1.54) is 66.9 Å². The van der Waals surface area contributed by atoms with Gasteiger partial charge in [0.15, 0.2) is 0 Å². The molecule has 1 aliphatic heterocycles. The summed E-state index contributed by atoms with van der Waals surface area (Å²) in [5.74, 6) is 0.475. The first-order valence-electron chi connectivity index (χ1n) is 10.3. The first-order chi connectivity index (χ1) is 13.7. The molecule has 1 aromatic carbocycles. The molecule has 0 saturated carbocycles. The van der Waals surface area contributed by atoms with Crippen LogP contribution in [-0.2, 0) is 0 Å². The third-order valence-corrected chi connectivity index (χ3v) is 7.05. The molecule has 0 atom stereocenters. The molecule has 0 radical (unpaired) electrons. The quantitative estimate of drug-likeness (QED) is 0.546. The maximum Gasteiger partial charge on any atom is 0.258 e. The largest absolute Gasteiger partial charge is 0.472 e. The zero-order valence-corrected chi connectivity index (χ0v) is 17.4. The number of nitrogens with zero attached hydrogens (tertiary/aromatic N) is 1. The molecule has 0 unspecified atom stereocenters. The molecule has 1 amide bonds. The third kappa shape index (κ3) is 3.87. The van der Waals surface area contributed by atoms with Crippen LogP contribution in [0.3, 0.4) is 0 Å². The van der Waals surface area contributed by atoms with E-state index in [0.29, 0.717) is 11.5 Å². The second-order valence-electron chi connectivity index (χ2n) is 7.65. The number of hydrogen-bond donors (Lipinski definition) is 1. The lowest BCUT2D eigenvalue weighted by molar-refractivity contribution is 0.102. The molecule has 5 heteroatoms. The third-order valence-electron chi connectivity index (χ3n) is 6.07. The zero-order valence-electron chi connectivity index (χ0n) is 16.6. The van der Waals surface area contributed by atoms with Gasteiger partial charge in [0.25, 0.3) is 5.91 Å². The van der Waals surface area contributed by atoms with Crippen LogP contribution < -0.4 is 5.32 Å². The Hall–Kier alpha value is -2.11. The van der Waals surface area contributed by atoms with Crippen LogP contribution in [0.5, 0.6) is 0 Å². The fourth-order valence-electron chi connectivity index (χ4n) is 4.42. The Morgan fingerprint density at radius 2 is 2.04 bits per heavy atom. The number of nitrogens with one attached hydrogen (secondary N) is 1. The molecule has 28 heavy (non-hydrogen) atoms. The number of thiophene rings is 1.